The van der Waals surface area contributed by atoms with Gasteiger partial charge in [0.25, 0.3) is 5.56 Å². The Labute approximate surface area is 149 Å². The molecule has 0 radical (unpaired) electrons. The molecule has 0 aliphatic carbocycles. The molecule has 0 saturated carbocycles. The lowest BCUT2D eigenvalue weighted by Gasteiger charge is -2.10. The van der Waals surface area contributed by atoms with Crippen molar-refractivity contribution in [1.82, 2.24) is 9.13 Å². The number of hydrogen-bond donors (Lipinski definition) is 0. The average Bonchev–Trinajstić information content (AvgIpc) is 2.97. The van der Waals surface area contributed by atoms with Crippen LogP contribution in [-0.4, -0.2) is 15.1 Å². The number of aromatic nitrogens is 2. The molecule has 0 aliphatic heterocycles. The highest BCUT2D eigenvalue weighted by molar-refractivity contribution is 5.86. The molecule has 0 saturated heterocycles. The highest BCUT2D eigenvalue weighted by Gasteiger charge is 2.14. The first-order valence-electron chi connectivity index (χ1n) is 8.17. The predicted molar refractivity (Wildman–Crippen MR) is 96.1 cm³/mol. The summed E-state index contributed by atoms with van der Waals surface area (Å²) in [6.07, 6.45) is 1.60. The zero-order chi connectivity index (χ0) is 19.0. The first kappa shape index (κ1) is 17.7. The molecule has 7 nitrogen and oxygen atoms in total. The summed E-state index contributed by atoms with van der Waals surface area (Å²) in [6, 6.07) is 5.21. The number of fused-ring (bicyclic) bond motifs is 1. The number of hydrogen-bond acceptors (Lipinski definition) is 5. The van der Waals surface area contributed by atoms with Gasteiger partial charge in [0, 0.05) is 31.1 Å². The Balaban J connectivity index is 1.76. The van der Waals surface area contributed by atoms with Crippen LogP contribution in [0.2, 0.25) is 0 Å². The Bertz CT molecular complexity index is 1120. The minimum Gasteiger partial charge on any atom is -0.464 e. The molecule has 1 aromatic carbocycles. The highest BCUT2D eigenvalue weighted by atomic mass is 16.5. The molecule has 2 aromatic heterocycles. The van der Waals surface area contributed by atoms with Gasteiger partial charge in [-0.1, -0.05) is 0 Å². The number of nitrogens with zero attached hydrogens (tertiary/aromatic N) is 2. The molecule has 3 rings (SSSR count). The van der Waals surface area contributed by atoms with Crippen molar-refractivity contribution in [2.75, 3.05) is 0 Å². The third kappa shape index (κ3) is 3.20. The molecule has 0 amide bonds. The van der Waals surface area contributed by atoms with Gasteiger partial charge in [-0.15, -0.1) is 0 Å². The van der Waals surface area contributed by atoms with Crippen LogP contribution in [0.15, 0.2) is 38.5 Å². The van der Waals surface area contributed by atoms with Crippen LogP contribution in [0.5, 0.6) is 0 Å². The summed E-state index contributed by atoms with van der Waals surface area (Å²) < 4.78 is 13.0. The molecule has 0 bridgehead atoms. The van der Waals surface area contributed by atoms with Crippen LogP contribution in [0.3, 0.4) is 0 Å². The maximum Gasteiger partial charge on any atom is 0.330 e. The molecule has 0 N–H and O–H groups in total. The third-order valence-corrected chi connectivity index (χ3v) is 4.61. The van der Waals surface area contributed by atoms with E-state index in [2.05, 4.69) is 0 Å². The predicted octanol–water partition coefficient (Wildman–Crippen LogP) is 1.73. The second-order valence-corrected chi connectivity index (χ2v) is 6.41. The Morgan fingerprint density at radius 1 is 1.08 bits per heavy atom. The number of benzene rings is 1. The van der Waals surface area contributed by atoms with Crippen molar-refractivity contribution in [2.45, 2.75) is 26.9 Å². The molecule has 7 heteroatoms. The Morgan fingerprint density at radius 3 is 2.50 bits per heavy atom. The number of aryl methyl sites for hydroxylation is 2. The normalized spacial score (nSPS) is 11.1. The molecule has 3 aromatic rings. The zero-order valence-corrected chi connectivity index (χ0v) is 15.2. The van der Waals surface area contributed by atoms with E-state index >= 15 is 0 Å². The van der Waals surface area contributed by atoms with E-state index in [-0.39, 0.29) is 13.0 Å². The van der Waals surface area contributed by atoms with Gasteiger partial charge in [0.15, 0.2) is 0 Å². The minimum atomic E-state index is -0.463. The summed E-state index contributed by atoms with van der Waals surface area (Å²) in [5.74, 6) is -0.459. The topological polar surface area (TPSA) is 83.4 Å². The maximum absolute atomic E-state index is 12.2. The zero-order valence-electron chi connectivity index (χ0n) is 15.2. The lowest BCUT2D eigenvalue weighted by Crippen LogP contribution is -2.38. The first-order chi connectivity index (χ1) is 12.3. The van der Waals surface area contributed by atoms with Gasteiger partial charge in [-0.05, 0) is 37.1 Å². The van der Waals surface area contributed by atoms with Crippen molar-refractivity contribution < 1.29 is 13.9 Å². The van der Waals surface area contributed by atoms with Crippen LogP contribution in [-0.2, 0) is 36.7 Å². The van der Waals surface area contributed by atoms with Crippen molar-refractivity contribution in [3.05, 3.63) is 67.7 Å². The van der Waals surface area contributed by atoms with Gasteiger partial charge < -0.3 is 9.15 Å². The summed E-state index contributed by atoms with van der Waals surface area (Å²) in [6.45, 7) is 3.86. The fraction of sp³-hybridized carbons (Fsp3) is 0.316. The standard InChI is InChI=1S/C19H20N2O5/c1-11-5-15-13(9-25-16(15)6-12(11)2)7-18(23)26-10-14-8-17(22)21(4)19(24)20(14)3/h5-6,8-9H,7,10H2,1-4H3. The van der Waals surface area contributed by atoms with E-state index in [9.17, 15) is 14.4 Å². The summed E-state index contributed by atoms with van der Waals surface area (Å²) in [4.78, 5) is 35.8. The van der Waals surface area contributed by atoms with Gasteiger partial charge in [0.2, 0.25) is 0 Å². The Hall–Kier alpha value is -3.09. The van der Waals surface area contributed by atoms with Crippen LogP contribution >= 0.6 is 0 Å². The van der Waals surface area contributed by atoms with E-state index < -0.39 is 17.2 Å². The van der Waals surface area contributed by atoms with E-state index in [4.69, 9.17) is 9.15 Å². The van der Waals surface area contributed by atoms with E-state index in [1.165, 1.54) is 24.7 Å². The third-order valence-electron chi connectivity index (χ3n) is 4.61. The molecule has 0 fully saturated rings. The highest BCUT2D eigenvalue weighted by Crippen LogP contribution is 2.25. The van der Waals surface area contributed by atoms with Gasteiger partial charge in [-0.25, -0.2) is 4.79 Å². The lowest BCUT2D eigenvalue weighted by atomic mass is 10.0. The maximum atomic E-state index is 12.2. The van der Waals surface area contributed by atoms with Gasteiger partial charge in [-0.2, -0.15) is 0 Å². The Kier molecular flexibility index (Phi) is 4.54. The molecule has 0 unspecified atom stereocenters. The average molecular weight is 356 g/mol. The number of carbonyl (C=O) groups is 1. The number of carbonyl (C=O) groups excluding carboxylic acids is 1. The molecule has 0 spiro atoms. The van der Waals surface area contributed by atoms with Crippen molar-refractivity contribution in [2.24, 2.45) is 14.1 Å². The first-order valence-corrected chi connectivity index (χ1v) is 8.17. The molecule has 2 heterocycles. The fourth-order valence-electron chi connectivity index (χ4n) is 2.75. The number of ether oxygens (including phenoxy) is 1. The molecule has 0 aliphatic rings. The fourth-order valence-corrected chi connectivity index (χ4v) is 2.75. The summed E-state index contributed by atoms with van der Waals surface area (Å²) in [5, 5.41) is 0.881. The van der Waals surface area contributed by atoms with Crippen LogP contribution in [0.4, 0.5) is 0 Å². The SMILES string of the molecule is Cc1cc2occ(CC(=O)OCc3cc(=O)n(C)c(=O)n3C)c2cc1C. The molecular weight excluding hydrogens is 336 g/mol. The van der Waals surface area contributed by atoms with Gasteiger partial charge in [0.05, 0.1) is 18.4 Å². The van der Waals surface area contributed by atoms with Gasteiger partial charge >= 0.3 is 11.7 Å². The molecular formula is C19H20N2O5. The van der Waals surface area contributed by atoms with E-state index in [0.29, 0.717) is 5.69 Å². The van der Waals surface area contributed by atoms with Crippen LogP contribution in [0.1, 0.15) is 22.4 Å². The summed E-state index contributed by atoms with van der Waals surface area (Å²) in [5.41, 5.74) is 3.14. The summed E-state index contributed by atoms with van der Waals surface area (Å²) in [7, 11) is 2.92. The largest absolute Gasteiger partial charge is 0.464 e. The second-order valence-electron chi connectivity index (χ2n) is 6.41. The van der Waals surface area contributed by atoms with Crippen molar-refractivity contribution >= 4 is 16.9 Å². The number of rotatable bonds is 4. The quantitative estimate of drug-likeness (QED) is 0.665. The number of esters is 1. The monoisotopic (exact) mass is 356 g/mol. The van der Waals surface area contributed by atoms with Gasteiger partial charge in [0.1, 0.15) is 12.2 Å². The lowest BCUT2D eigenvalue weighted by molar-refractivity contribution is -0.144. The van der Waals surface area contributed by atoms with Gasteiger partial charge in [-0.3, -0.25) is 18.7 Å². The number of furan rings is 1. The van der Waals surface area contributed by atoms with Crippen LogP contribution in [0, 0.1) is 13.8 Å². The van der Waals surface area contributed by atoms with Crippen molar-refractivity contribution in [1.29, 1.82) is 0 Å². The molecule has 0 atom stereocenters. The molecule has 136 valence electrons. The van der Waals surface area contributed by atoms with Crippen LogP contribution < -0.4 is 11.2 Å². The van der Waals surface area contributed by atoms with Crippen LogP contribution in [0.25, 0.3) is 11.0 Å². The van der Waals surface area contributed by atoms with E-state index in [0.717, 1.165) is 32.2 Å². The minimum absolute atomic E-state index is 0.0499. The summed E-state index contributed by atoms with van der Waals surface area (Å²) >= 11 is 0. The van der Waals surface area contributed by atoms with E-state index in [1.807, 2.05) is 26.0 Å². The van der Waals surface area contributed by atoms with Crippen molar-refractivity contribution in [3.63, 3.8) is 0 Å². The Morgan fingerprint density at radius 2 is 1.77 bits per heavy atom. The second kappa shape index (κ2) is 6.67. The van der Waals surface area contributed by atoms with Crippen molar-refractivity contribution in [3.8, 4) is 0 Å². The van der Waals surface area contributed by atoms with E-state index in [1.54, 1.807) is 6.26 Å². The molecule has 26 heavy (non-hydrogen) atoms. The smallest absolute Gasteiger partial charge is 0.330 e.